The molecule has 11 heteroatoms. The summed E-state index contributed by atoms with van der Waals surface area (Å²) in [6.07, 6.45) is 1.46. The van der Waals surface area contributed by atoms with Crippen LogP contribution in [-0.2, 0) is 26.6 Å². The third-order valence-electron chi connectivity index (χ3n) is 4.38. The molecule has 0 unspecified atom stereocenters. The van der Waals surface area contributed by atoms with E-state index < -0.39 is 20.0 Å². The number of furan rings is 1. The number of hydrogen-bond acceptors (Lipinski definition) is 7. The van der Waals surface area contributed by atoms with E-state index in [4.69, 9.17) is 9.15 Å². The van der Waals surface area contributed by atoms with Gasteiger partial charge in [-0.05, 0) is 67.9 Å². The van der Waals surface area contributed by atoms with Gasteiger partial charge in [-0.2, -0.15) is 18.4 Å². The molecule has 170 valence electrons. The van der Waals surface area contributed by atoms with Crippen molar-refractivity contribution in [2.24, 2.45) is 5.10 Å². The Morgan fingerprint density at radius 1 is 0.938 bits per heavy atom. The van der Waals surface area contributed by atoms with Crippen molar-refractivity contribution in [2.75, 3.05) is 6.61 Å². The first-order chi connectivity index (χ1) is 15.2. The summed E-state index contributed by atoms with van der Waals surface area (Å²) >= 11 is 0. The molecule has 0 saturated carbocycles. The Labute approximate surface area is 187 Å². The van der Waals surface area contributed by atoms with E-state index in [0.717, 1.165) is 0 Å². The molecule has 2 N–H and O–H groups in total. The molecule has 2 aromatic carbocycles. The molecule has 32 heavy (non-hydrogen) atoms. The third kappa shape index (κ3) is 5.96. The zero-order valence-corrected chi connectivity index (χ0v) is 19.1. The van der Waals surface area contributed by atoms with E-state index >= 15 is 0 Å². The molecule has 1 aromatic heterocycles. The number of sulfonamides is 2. The van der Waals surface area contributed by atoms with Gasteiger partial charge in [0.2, 0.25) is 10.0 Å². The molecule has 0 fully saturated rings. The lowest BCUT2D eigenvalue weighted by Crippen LogP contribution is -2.23. The van der Waals surface area contributed by atoms with Crippen LogP contribution < -0.4 is 14.3 Å². The Balaban J connectivity index is 1.67. The second-order valence-corrected chi connectivity index (χ2v) is 10.1. The zero-order valence-electron chi connectivity index (χ0n) is 17.5. The third-order valence-corrected chi connectivity index (χ3v) is 7.02. The highest BCUT2D eigenvalue weighted by Gasteiger charge is 2.16. The molecule has 0 atom stereocenters. The van der Waals surface area contributed by atoms with Gasteiger partial charge in [-0.15, -0.1) is 0 Å². The van der Waals surface area contributed by atoms with Crippen molar-refractivity contribution in [3.05, 3.63) is 78.3 Å². The minimum Gasteiger partial charge on any atom is -0.494 e. The van der Waals surface area contributed by atoms with Crippen LogP contribution in [0.15, 0.2) is 86.2 Å². The van der Waals surface area contributed by atoms with E-state index in [1.54, 1.807) is 43.3 Å². The number of nitrogens with one attached hydrogen (secondary N) is 2. The molecule has 3 aromatic rings. The topological polar surface area (TPSA) is 127 Å². The largest absolute Gasteiger partial charge is 0.494 e. The fraction of sp³-hybridized carbons (Fsp3) is 0.190. The van der Waals surface area contributed by atoms with Gasteiger partial charge in [-0.3, -0.25) is 0 Å². The molecular formula is C21H23N3O6S2. The van der Waals surface area contributed by atoms with Crippen LogP contribution in [-0.4, -0.2) is 29.2 Å². The second-order valence-electron chi connectivity index (χ2n) is 6.62. The summed E-state index contributed by atoms with van der Waals surface area (Å²) in [5, 5.41) is 3.93. The Morgan fingerprint density at radius 2 is 1.56 bits per heavy atom. The number of hydrogen-bond donors (Lipinski definition) is 2. The van der Waals surface area contributed by atoms with Crippen LogP contribution in [0.5, 0.6) is 5.75 Å². The first-order valence-corrected chi connectivity index (χ1v) is 12.6. The van der Waals surface area contributed by atoms with Gasteiger partial charge in [0.05, 0.1) is 34.9 Å². The molecule has 0 aliphatic carbocycles. The van der Waals surface area contributed by atoms with E-state index in [0.29, 0.717) is 29.4 Å². The van der Waals surface area contributed by atoms with Gasteiger partial charge < -0.3 is 9.15 Å². The standard InChI is InChI=1S/C21H23N3O6S2/c1-3-29-18-8-12-21(13-9-18)32(27,28)24-23-16(2)17-6-10-20(11-7-17)31(25,26)22-15-19-5-4-14-30-19/h4-14,22,24H,3,15H2,1-2H3. The summed E-state index contributed by atoms with van der Waals surface area (Å²) in [5.41, 5.74) is 0.927. The predicted octanol–water partition coefficient (Wildman–Crippen LogP) is 2.86. The van der Waals surface area contributed by atoms with Crippen molar-refractivity contribution in [1.29, 1.82) is 0 Å². The maximum Gasteiger partial charge on any atom is 0.276 e. The highest BCUT2D eigenvalue weighted by Crippen LogP contribution is 2.16. The van der Waals surface area contributed by atoms with Gasteiger partial charge in [0.25, 0.3) is 10.0 Å². The first-order valence-electron chi connectivity index (χ1n) is 9.63. The second kappa shape index (κ2) is 9.98. The van der Waals surface area contributed by atoms with Crippen LogP contribution >= 0.6 is 0 Å². The number of hydrazone groups is 1. The number of benzene rings is 2. The Morgan fingerprint density at radius 3 is 2.16 bits per heavy atom. The van der Waals surface area contributed by atoms with Crippen LogP contribution in [0.1, 0.15) is 25.2 Å². The van der Waals surface area contributed by atoms with Crippen molar-refractivity contribution >= 4 is 25.8 Å². The monoisotopic (exact) mass is 477 g/mol. The summed E-state index contributed by atoms with van der Waals surface area (Å²) in [5.74, 6) is 1.06. The molecule has 0 radical (unpaired) electrons. The quantitative estimate of drug-likeness (QED) is 0.341. The van der Waals surface area contributed by atoms with Crippen molar-refractivity contribution in [3.63, 3.8) is 0 Å². The fourth-order valence-corrected chi connectivity index (χ4v) is 4.52. The highest BCUT2D eigenvalue weighted by atomic mass is 32.2. The normalized spacial score (nSPS) is 12.5. The van der Waals surface area contributed by atoms with Gasteiger partial charge in [0.15, 0.2) is 0 Å². The van der Waals surface area contributed by atoms with Crippen LogP contribution in [0.2, 0.25) is 0 Å². The first kappa shape index (κ1) is 23.5. The lowest BCUT2D eigenvalue weighted by molar-refractivity contribution is 0.340. The molecule has 0 aliphatic rings. The van der Waals surface area contributed by atoms with Gasteiger partial charge in [0.1, 0.15) is 11.5 Å². The summed E-state index contributed by atoms with van der Waals surface area (Å²) < 4.78 is 62.5. The zero-order chi connectivity index (χ0) is 23.2. The SMILES string of the molecule is CCOc1ccc(S(=O)(=O)NN=C(C)c2ccc(S(=O)(=O)NCc3ccco3)cc2)cc1. The van der Waals surface area contributed by atoms with E-state index in [1.165, 1.54) is 30.5 Å². The van der Waals surface area contributed by atoms with Gasteiger partial charge in [-0.25, -0.2) is 13.1 Å². The van der Waals surface area contributed by atoms with E-state index in [2.05, 4.69) is 14.7 Å². The molecule has 9 nitrogen and oxygen atoms in total. The molecule has 0 saturated heterocycles. The minimum atomic E-state index is -3.86. The maximum absolute atomic E-state index is 12.4. The Kier molecular flexibility index (Phi) is 7.33. The number of nitrogens with zero attached hydrogens (tertiary/aromatic N) is 1. The van der Waals surface area contributed by atoms with E-state index in [-0.39, 0.29) is 16.3 Å². The summed E-state index contributed by atoms with van der Waals surface area (Å²) in [6.45, 7) is 3.96. The molecule has 3 rings (SSSR count). The maximum atomic E-state index is 12.4. The summed E-state index contributed by atoms with van der Waals surface area (Å²) in [4.78, 5) is 2.29. The van der Waals surface area contributed by atoms with Gasteiger partial charge in [-0.1, -0.05) is 12.1 Å². The molecule has 0 bridgehead atoms. The van der Waals surface area contributed by atoms with Crippen molar-refractivity contribution in [2.45, 2.75) is 30.2 Å². The van der Waals surface area contributed by atoms with Gasteiger partial charge in [0, 0.05) is 0 Å². The molecule has 0 amide bonds. The molecule has 0 spiro atoms. The molecule has 0 aliphatic heterocycles. The van der Waals surface area contributed by atoms with Gasteiger partial charge >= 0.3 is 0 Å². The molecular weight excluding hydrogens is 454 g/mol. The predicted molar refractivity (Wildman–Crippen MR) is 119 cm³/mol. The lowest BCUT2D eigenvalue weighted by atomic mass is 10.1. The fourth-order valence-electron chi connectivity index (χ4n) is 2.67. The molecule has 1 heterocycles. The van der Waals surface area contributed by atoms with E-state index in [9.17, 15) is 16.8 Å². The van der Waals surface area contributed by atoms with Crippen molar-refractivity contribution < 1.29 is 26.0 Å². The summed E-state index contributed by atoms with van der Waals surface area (Å²) in [7, 11) is -7.59. The van der Waals surface area contributed by atoms with Crippen molar-refractivity contribution in [3.8, 4) is 5.75 Å². The summed E-state index contributed by atoms with van der Waals surface area (Å²) in [6, 6.07) is 15.2. The lowest BCUT2D eigenvalue weighted by Gasteiger charge is -2.08. The number of rotatable bonds is 10. The van der Waals surface area contributed by atoms with Crippen LogP contribution in [0.3, 0.4) is 0 Å². The smallest absolute Gasteiger partial charge is 0.276 e. The van der Waals surface area contributed by atoms with Crippen LogP contribution in [0, 0.1) is 0 Å². The van der Waals surface area contributed by atoms with Crippen molar-refractivity contribution in [1.82, 2.24) is 9.55 Å². The average Bonchev–Trinajstić information content (AvgIpc) is 3.31. The average molecular weight is 478 g/mol. The highest BCUT2D eigenvalue weighted by molar-refractivity contribution is 7.89. The van der Waals surface area contributed by atoms with Crippen LogP contribution in [0.25, 0.3) is 0 Å². The Bertz CT molecular complexity index is 1270. The number of ether oxygens (including phenoxy) is 1. The van der Waals surface area contributed by atoms with Crippen LogP contribution in [0.4, 0.5) is 0 Å². The van der Waals surface area contributed by atoms with E-state index in [1.807, 2.05) is 6.92 Å². The Hall–Kier alpha value is -3.15. The minimum absolute atomic E-state index is 0.0326.